The first kappa shape index (κ1) is 16.0. The van der Waals surface area contributed by atoms with Crippen molar-refractivity contribution in [1.82, 2.24) is 0 Å². The maximum Gasteiger partial charge on any atom is 0.203 e. The maximum absolute atomic E-state index is 6.06. The lowest BCUT2D eigenvalue weighted by Crippen LogP contribution is -2.01. The number of rotatable bonds is 5. The predicted molar refractivity (Wildman–Crippen MR) is 88.3 cm³/mol. The van der Waals surface area contributed by atoms with Gasteiger partial charge in [-0.25, -0.2) is 0 Å². The van der Waals surface area contributed by atoms with Crippen LogP contribution < -0.4 is 14.2 Å². The molecule has 112 valence electrons. The zero-order valence-electron chi connectivity index (χ0n) is 12.0. The van der Waals surface area contributed by atoms with Crippen LogP contribution in [-0.4, -0.2) is 21.3 Å². The summed E-state index contributed by atoms with van der Waals surface area (Å²) in [5.41, 5.74) is 1.98. The van der Waals surface area contributed by atoms with Gasteiger partial charge in [0, 0.05) is 10.6 Å². The molecule has 0 aliphatic carbocycles. The molecule has 2 aromatic carbocycles. The molecule has 2 aromatic rings. The largest absolute Gasteiger partial charge is 0.493 e. The number of benzene rings is 2. The molecule has 0 aliphatic rings. The van der Waals surface area contributed by atoms with Gasteiger partial charge in [0.1, 0.15) is 0 Å². The highest BCUT2D eigenvalue weighted by Crippen LogP contribution is 2.46. The van der Waals surface area contributed by atoms with Gasteiger partial charge >= 0.3 is 0 Å². The third-order valence-corrected chi connectivity index (χ3v) is 4.41. The zero-order chi connectivity index (χ0) is 15.4. The summed E-state index contributed by atoms with van der Waals surface area (Å²) in [7, 11) is 4.80. The van der Waals surface area contributed by atoms with Gasteiger partial charge in [0.05, 0.1) is 26.2 Å². The van der Waals surface area contributed by atoms with Gasteiger partial charge in [-0.1, -0.05) is 39.7 Å². The molecule has 0 saturated carbocycles. The van der Waals surface area contributed by atoms with E-state index in [0.717, 1.165) is 11.1 Å². The highest BCUT2D eigenvalue weighted by Gasteiger charge is 2.21. The Kier molecular flexibility index (Phi) is 5.37. The Morgan fingerprint density at radius 2 is 1.67 bits per heavy atom. The summed E-state index contributed by atoms with van der Waals surface area (Å²) in [5, 5.41) is 0.691. The lowest BCUT2D eigenvalue weighted by molar-refractivity contribution is 0.322. The van der Waals surface area contributed by atoms with Crippen molar-refractivity contribution >= 4 is 27.5 Å². The van der Waals surface area contributed by atoms with Crippen LogP contribution in [0.4, 0.5) is 0 Å². The molecule has 1 atom stereocenters. The number of alkyl halides is 1. The van der Waals surface area contributed by atoms with Gasteiger partial charge in [0.15, 0.2) is 11.5 Å². The van der Waals surface area contributed by atoms with Crippen molar-refractivity contribution in [2.75, 3.05) is 21.3 Å². The Morgan fingerprint density at radius 1 is 0.952 bits per heavy atom. The maximum atomic E-state index is 6.06. The third-order valence-electron chi connectivity index (χ3n) is 3.15. The molecule has 0 N–H and O–H groups in total. The van der Waals surface area contributed by atoms with Gasteiger partial charge in [-0.2, -0.15) is 0 Å². The molecule has 3 nitrogen and oxygen atoms in total. The molecule has 0 bridgehead atoms. The normalized spacial score (nSPS) is 11.9. The summed E-state index contributed by atoms with van der Waals surface area (Å²) >= 11 is 9.75. The van der Waals surface area contributed by atoms with Crippen molar-refractivity contribution in [3.63, 3.8) is 0 Å². The van der Waals surface area contributed by atoms with E-state index in [4.69, 9.17) is 25.8 Å². The average molecular weight is 372 g/mol. The highest BCUT2D eigenvalue weighted by molar-refractivity contribution is 9.09. The lowest BCUT2D eigenvalue weighted by atomic mass is 10.0. The van der Waals surface area contributed by atoms with Crippen LogP contribution in [0, 0.1) is 0 Å². The number of halogens is 2. The Labute approximate surface area is 137 Å². The van der Waals surface area contributed by atoms with Crippen molar-refractivity contribution in [1.29, 1.82) is 0 Å². The molecule has 0 fully saturated rings. The molecular weight excluding hydrogens is 356 g/mol. The molecule has 21 heavy (non-hydrogen) atoms. The molecule has 2 rings (SSSR count). The standard InChI is InChI=1S/C16H16BrClO3/c1-19-13-8-7-12(15(20-2)16(13)21-3)14(17)10-5-4-6-11(18)9-10/h4-9,14H,1-3H3. The monoisotopic (exact) mass is 370 g/mol. The molecule has 0 amide bonds. The van der Waals surface area contributed by atoms with Gasteiger partial charge in [0.25, 0.3) is 0 Å². The molecular formula is C16H16BrClO3. The predicted octanol–water partition coefficient (Wildman–Crippen LogP) is 4.85. The third kappa shape index (κ3) is 3.27. The minimum absolute atomic E-state index is 0.0639. The number of ether oxygens (including phenoxy) is 3. The van der Waals surface area contributed by atoms with E-state index in [1.807, 2.05) is 36.4 Å². The van der Waals surface area contributed by atoms with Crippen molar-refractivity contribution in [3.05, 3.63) is 52.5 Å². The van der Waals surface area contributed by atoms with Gasteiger partial charge in [-0.15, -0.1) is 0 Å². The highest BCUT2D eigenvalue weighted by atomic mass is 79.9. The van der Waals surface area contributed by atoms with Crippen molar-refractivity contribution < 1.29 is 14.2 Å². The Balaban J connectivity index is 2.53. The van der Waals surface area contributed by atoms with Crippen LogP contribution in [0.15, 0.2) is 36.4 Å². The molecule has 0 heterocycles. The summed E-state index contributed by atoms with van der Waals surface area (Å²) in [6.07, 6.45) is 0. The van der Waals surface area contributed by atoms with Crippen LogP contribution in [-0.2, 0) is 0 Å². The van der Waals surface area contributed by atoms with Gasteiger partial charge in [-0.05, 0) is 29.8 Å². The SMILES string of the molecule is COc1ccc(C(Br)c2cccc(Cl)c2)c(OC)c1OC. The molecule has 0 saturated heterocycles. The quantitative estimate of drug-likeness (QED) is 0.703. The van der Waals surface area contributed by atoms with Crippen molar-refractivity contribution in [3.8, 4) is 17.2 Å². The van der Waals surface area contributed by atoms with Crippen LogP contribution in [0.3, 0.4) is 0 Å². The summed E-state index contributed by atoms with van der Waals surface area (Å²) in [6.45, 7) is 0. The summed E-state index contributed by atoms with van der Waals surface area (Å²) in [5.74, 6) is 1.84. The molecule has 5 heteroatoms. The number of hydrogen-bond donors (Lipinski definition) is 0. The number of methoxy groups -OCH3 is 3. The Bertz CT molecular complexity index is 631. The van der Waals surface area contributed by atoms with Crippen molar-refractivity contribution in [2.24, 2.45) is 0 Å². The molecule has 1 unspecified atom stereocenters. The summed E-state index contributed by atoms with van der Waals surface area (Å²) in [4.78, 5) is -0.0639. The van der Waals surface area contributed by atoms with Crippen LogP contribution in [0.5, 0.6) is 17.2 Å². The molecule has 0 spiro atoms. The van der Waals surface area contributed by atoms with Gasteiger partial charge in [-0.3, -0.25) is 0 Å². The summed E-state index contributed by atoms with van der Waals surface area (Å²) < 4.78 is 16.2. The van der Waals surface area contributed by atoms with Crippen LogP contribution in [0.1, 0.15) is 16.0 Å². The van der Waals surface area contributed by atoms with E-state index in [2.05, 4.69) is 15.9 Å². The van der Waals surface area contributed by atoms with E-state index in [0.29, 0.717) is 22.3 Å². The van der Waals surface area contributed by atoms with Crippen LogP contribution >= 0.6 is 27.5 Å². The van der Waals surface area contributed by atoms with E-state index in [1.165, 1.54) is 0 Å². The summed E-state index contributed by atoms with van der Waals surface area (Å²) in [6, 6.07) is 11.5. The second-order valence-corrected chi connectivity index (χ2v) is 5.69. The fourth-order valence-corrected chi connectivity index (χ4v) is 3.01. The zero-order valence-corrected chi connectivity index (χ0v) is 14.4. The molecule has 0 aromatic heterocycles. The minimum atomic E-state index is -0.0639. The second kappa shape index (κ2) is 7.05. The van der Waals surface area contributed by atoms with E-state index in [9.17, 15) is 0 Å². The van der Waals surface area contributed by atoms with Crippen LogP contribution in [0.25, 0.3) is 0 Å². The first-order valence-corrected chi connectivity index (χ1v) is 7.60. The van der Waals surface area contributed by atoms with Crippen molar-refractivity contribution in [2.45, 2.75) is 4.83 Å². The fourth-order valence-electron chi connectivity index (χ4n) is 2.17. The van der Waals surface area contributed by atoms with Gasteiger partial charge < -0.3 is 14.2 Å². The Morgan fingerprint density at radius 3 is 2.24 bits per heavy atom. The van der Waals surface area contributed by atoms with E-state index < -0.39 is 0 Å². The van der Waals surface area contributed by atoms with E-state index in [1.54, 1.807) is 21.3 Å². The first-order chi connectivity index (χ1) is 10.1. The van der Waals surface area contributed by atoms with Crippen LogP contribution in [0.2, 0.25) is 5.02 Å². The van der Waals surface area contributed by atoms with Gasteiger partial charge in [0.2, 0.25) is 5.75 Å². The van der Waals surface area contributed by atoms with E-state index >= 15 is 0 Å². The lowest BCUT2D eigenvalue weighted by Gasteiger charge is -2.19. The average Bonchev–Trinajstić information content (AvgIpc) is 2.52. The Hall–Kier alpha value is -1.39. The molecule has 0 radical (unpaired) electrons. The fraction of sp³-hybridized carbons (Fsp3) is 0.250. The number of hydrogen-bond acceptors (Lipinski definition) is 3. The topological polar surface area (TPSA) is 27.7 Å². The minimum Gasteiger partial charge on any atom is -0.493 e. The first-order valence-electron chi connectivity index (χ1n) is 6.30. The smallest absolute Gasteiger partial charge is 0.203 e. The second-order valence-electron chi connectivity index (χ2n) is 4.34. The molecule has 0 aliphatic heterocycles. The van der Waals surface area contributed by atoms with E-state index in [-0.39, 0.29) is 4.83 Å².